The van der Waals surface area contributed by atoms with Crippen molar-refractivity contribution < 1.29 is 9.90 Å². The summed E-state index contributed by atoms with van der Waals surface area (Å²) in [6, 6.07) is 9.24. The number of nitrogens with zero attached hydrogens (tertiary/aromatic N) is 1. The number of aliphatic hydroxyl groups is 1. The van der Waals surface area contributed by atoms with E-state index in [2.05, 4.69) is 0 Å². The van der Waals surface area contributed by atoms with Crippen LogP contribution in [0.5, 0.6) is 0 Å². The van der Waals surface area contributed by atoms with E-state index in [0.29, 0.717) is 0 Å². The minimum Gasteiger partial charge on any atom is -0.388 e. The van der Waals surface area contributed by atoms with Crippen molar-refractivity contribution in [3.8, 4) is 0 Å². The molecule has 0 bridgehead atoms. The fraction of sp³-hybridized carbons (Fsp3) is 0.417. The summed E-state index contributed by atoms with van der Waals surface area (Å²) in [4.78, 5) is 13.1. The minimum absolute atomic E-state index is 0.0636. The highest BCUT2D eigenvalue weighted by Gasteiger charge is 2.24. The molecule has 3 nitrogen and oxygen atoms in total. The molecule has 1 rings (SSSR count). The van der Waals surface area contributed by atoms with E-state index in [9.17, 15) is 9.90 Å². The van der Waals surface area contributed by atoms with Crippen LogP contribution in [0, 0.1) is 5.92 Å². The summed E-state index contributed by atoms with van der Waals surface area (Å²) in [5.41, 5.74) is 0.778. The zero-order valence-electron chi connectivity index (χ0n) is 9.34. The van der Waals surface area contributed by atoms with Crippen LogP contribution in [0.4, 0.5) is 0 Å². The van der Waals surface area contributed by atoms with Crippen molar-refractivity contribution in [2.24, 2.45) is 5.92 Å². The molecule has 0 fully saturated rings. The van der Waals surface area contributed by atoms with Gasteiger partial charge in [0, 0.05) is 14.1 Å². The van der Waals surface area contributed by atoms with E-state index in [0.717, 1.165) is 5.56 Å². The van der Waals surface area contributed by atoms with Crippen LogP contribution in [0.15, 0.2) is 30.3 Å². The van der Waals surface area contributed by atoms with E-state index in [4.69, 9.17) is 0 Å². The third-order valence-electron chi connectivity index (χ3n) is 2.45. The smallest absolute Gasteiger partial charge is 0.227 e. The van der Waals surface area contributed by atoms with Crippen molar-refractivity contribution in [1.29, 1.82) is 0 Å². The van der Waals surface area contributed by atoms with Crippen LogP contribution in [0.2, 0.25) is 0 Å². The maximum Gasteiger partial charge on any atom is 0.227 e. The Balaban J connectivity index is 2.77. The molecule has 0 radical (unpaired) electrons. The molecule has 0 saturated heterocycles. The van der Waals surface area contributed by atoms with Crippen molar-refractivity contribution in [2.45, 2.75) is 13.0 Å². The molecule has 1 amide bonds. The van der Waals surface area contributed by atoms with Crippen molar-refractivity contribution in [1.82, 2.24) is 4.90 Å². The quantitative estimate of drug-likeness (QED) is 0.814. The van der Waals surface area contributed by atoms with Crippen molar-refractivity contribution >= 4 is 5.91 Å². The van der Waals surface area contributed by atoms with E-state index in [-0.39, 0.29) is 5.91 Å². The van der Waals surface area contributed by atoms with Gasteiger partial charge in [0.1, 0.15) is 0 Å². The summed E-state index contributed by atoms with van der Waals surface area (Å²) < 4.78 is 0. The van der Waals surface area contributed by atoms with Crippen LogP contribution < -0.4 is 0 Å². The van der Waals surface area contributed by atoms with Gasteiger partial charge in [-0.2, -0.15) is 0 Å². The molecule has 1 aromatic carbocycles. The van der Waals surface area contributed by atoms with E-state index in [1.54, 1.807) is 21.0 Å². The third-order valence-corrected chi connectivity index (χ3v) is 2.45. The zero-order chi connectivity index (χ0) is 11.4. The van der Waals surface area contributed by atoms with Gasteiger partial charge in [-0.3, -0.25) is 4.79 Å². The molecule has 0 heterocycles. The van der Waals surface area contributed by atoms with Crippen LogP contribution in [0.3, 0.4) is 0 Å². The Bertz CT molecular complexity index is 322. The molecule has 2 atom stereocenters. The summed E-state index contributed by atoms with van der Waals surface area (Å²) in [6.45, 7) is 1.74. The number of aliphatic hydroxyl groups excluding tert-OH is 1. The Morgan fingerprint density at radius 1 is 1.27 bits per heavy atom. The second-order valence-electron chi connectivity index (χ2n) is 3.88. The van der Waals surface area contributed by atoms with Gasteiger partial charge in [0.25, 0.3) is 0 Å². The molecule has 15 heavy (non-hydrogen) atoms. The predicted octanol–water partition coefficient (Wildman–Crippen LogP) is 1.44. The monoisotopic (exact) mass is 207 g/mol. The number of carbonyl (C=O) groups is 1. The summed E-state index contributed by atoms with van der Waals surface area (Å²) in [6.07, 6.45) is -0.735. The first-order chi connectivity index (χ1) is 7.04. The maximum atomic E-state index is 11.6. The Morgan fingerprint density at radius 3 is 2.27 bits per heavy atom. The average molecular weight is 207 g/mol. The van der Waals surface area contributed by atoms with Gasteiger partial charge in [0.05, 0.1) is 12.0 Å². The average Bonchev–Trinajstić information content (AvgIpc) is 2.27. The van der Waals surface area contributed by atoms with Crippen molar-refractivity contribution in [2.75, 3.05) is 14.1 Å². The van der Waals surface area contributed by atoms with Crippen molar-refractivity contribution in [3.63, 3.8) is 0 Å². The lowest BCUT2D eigenvalue weighted by molar-refractivity contribution is -0.136. The van der Waals surface area contributed by atoms with Crippen LogP contribution in [-0.2, 0) is 4.79 Å². The fourth-order valence-electron chi connectivity index (χ4n) is 1.48. The van der Waals surface area contributed by atoms with E-state index in [1.165, 1.54) is 4.90 Å². The molecule has 1 N–H and O–H groups in total. The second-order valence-corrected chi connectivity index (χ2v) is 3.88. The van der Waals surface area contributed by atoms with Crippen LogP contribution in [0.1, 0.15) is 18.6 Å². The number of hydrogen-bond acceptors (Lipinski definition) is 2. The molecule has 0 saturated carbocycles. The lowest BCUT2D eigenvalue weighted by Gasteiger charge is -2.21. The normalized spacial score (nSPS) is 14.4. The lowest BCUT2D eigenvalue weighted by atomic mass is 9.96. The van der Waals surface area contributed by atoms with Gasteiger partial charge in [0.2, 0.25) is 5.91 Å². The maximum absolute atomic E-state index is 11.6. The van der Waals surface area contributed by atoms with Gasteiger partial charge in [-0.1, -0.05) is 37.3 Å². The molecule has 0 aliphatic carbocycles. The minimum atomic E-state index is -0.735. The largest absolute Gasteiger partial charge is 0.388 e. The van der Waals surface area contributed by atoms with Gasteiger partial charge < -0.3 is 10.0 Å². The Labute approximate surface area is 90.3 Å². The molecular weight excluding hydrogens is 190 g/mol. The van der Waals surface area contributed by atoms with Crippen LogP contribution >= 0.6 is 0 Å². The fourth-order valence-corrected chi connectivity index (χ4v) is 1.48. The highest BCUT2D eigenvalue weighted by molar-refractivity contribution is 5.78. The number of benzene rings is 1. The summed E-state index contributed by atoms with van der Waals surface area (Å²) in [5, 5.41) is 9.96. The highest BCUT2D eigenvalue weighted by Crippen LogP contribution is 2.22. The molecule has 0 spiro atoms. The van der Waals surface area contributed by atoms with E-state index in [1.807, 2.05) is 30.3 Å². The van der Waals surface area contributed by atoms with Gasteiger partial charge in [-0.05, 0) is 5.56 Å². The molecule has 82 valence electrons. The van der Waals surface area contributed by atoms with Crippen LogP contribution in [-0.4, -0.2) is 30.0 Å². The van der Waals surface area contributed by atoms with Gasteiger partial charge >= 0.3 is 0 Å². The standard InChI is InChI=1S/C12H17NO2/c1-9(12(15)13(2)3)11(14)10-7-5-4-6-8-10/h4-9,11,14H,1-3H3/t9-,11-/m0/s1. The molecule has 0 aliphatic rings. The van der Waals surface area contributed by atoms with E-state index < -0.39 is 12.0 Å². The number of amides is 1. The molecule has 0 aromatic heterocycles. The predicted molar refractivity (Wildman–Crippen MR) is 59.3 cm³/mol. The van der Waals surface area contributed by atoms with Gasteiger partial charge in [-0.25, -0.2) is 0 Å². The molecule has 0 unspecified atom stereocenters. The number of rotatable bonds is 3. The lowest BCUT2D eigenvalue weighted by Crippen LogP contribution is -2.31. The highest BCUT2D eigenvalue weighted by atomic mass is 16.3. The number of carbonyl (C=O) groups excluding carboxylic acids is 1. The summed E-state index contributed by atoms with van der Waals surface area (Å²) >= 11 is 0. The Morgan fingerprint density at radius 2 is 1.80 bits per heavy atom. The summed E-state index contributed by atoms with van der Waals surface area (Å²) in [5.74, 6) is -0.478. The first-order valence-corrected chi connectivity index (χ1v) is 4.98. The van der Waals surface area contributed by atoms with Gasteiger partial charge in [-0.15, -0.1) is 0 Å². The van der Waals surface area contributed by atoms with Crippen LogP contribution in [0.25, 0.3) is 0 Å². The first kappa shape index (κ1) is 11.7. The van der Waals surface area contributed by atoms with E-state index >= 15 is 0 Å². The van der Waals surface area contributed by atoms with Crippen molar-refractivity contribution in [3.05, 3.63) is 35.9 Å². The molecular formula is C12H17NO2. The third kappa shape index (κ3) is 2.80. The Hall–Kier alpha value is -1.35. The zero-order valence-corrected chi connectivity index (χ0v) is 9.34. The summed E-state index contributed by atoms with van der Waals surface area (Å²) in [7, 11) is 3.38. The molecule has 3 heteroatoms. The molecule has 1 aromatic rings. The topological polar surface area (TPSA) is 40.5 Å². The molecule has 0 aliphatic heterocycles. The first-order valence-electron chi connectivity index (χ1n) is 4.98. The second kappa shape index (κ2) is 4.94. The SMILES string of the molecule is C[C@H](C(=O)N(C)C)[C@H](O)c1ccccc1. The van der Waals surface area contributed by atoms with Gasteiger partial charge in [0.15, 0.2) is 0 Å². The Kier molecular flexibility index (Phi) is 3.86. The number of hydrogen-bond donors (Lipinski definition) is 1.